The number of primary amides is 1. The maximum absolute atomic E-state index is 11.6. The molecule has 1 heterocycles. The number of amides is 1. The van der Waals surface area contributed by atoms with Gasteiger partial charge in [0.15, 0.2) is 15.6 Å². The van der Waals surface area contributed by atoms with Crippen LogP contribution in [-0.4, -0.2) is 24.7 Å². The van der Waals surface area contributed by atoms with Crippen molar-refractivity contribution in [3.8, 4) is 0 Å². The van der Waals surface area contributed by atoms with Crippen LogP contribution in [0.5, 0.6) is 0 Å². The van der Waals surface area contributed by atoms with Crippen molar-refractivity contribution < 1.29 is 17.7 Å². The van der Waals surface area contributed by atoms with Gasteiger partial charge in [-0.1, -0.05) is 5.16 Å². The second-order valence-corrected chi connectivity index (χ2v) is 5.61. The van der Waals surface area contributed by atoms with E-state index < -0.39 is 21.0 Å². The molecule has 15 heavy (non-hydrogen) atoms. The first-order valence-electron chi connectivity index (χ1n) is 4.26. The van der Waals surface area contributed by atoms with Crippen molar-refractivity contribution in [3.63, 3.8) is 0 Å². The topological polar surface area (TPSA) is 103 Å². The Kier molecular flexibility index (Phi) is 3.13. The average molecular weight is 232 g/mol. The third-order valence-electron chi connectivity index (χ3n) is 1.96. The predicted octanol–water partition coefficient (Wildman–Crippen LogP) is -0.228. The maximum atomic E-state index is 11.6. The average Bonchev–Trinajstić information content (AvgIpc) is 2.48. The fourth-order valence-electron chi connectivity index (χ4n) is 0.985. The van der Waals surface area contributed by atoms with E-state index in [0.29, 0.717) is 5.69 Å². The van der Waals surface area contributed by atoms with Crippen LogP contribution in [0.1, 0.15) is 18.4 Å². The van der Waals surface area contributed by atoms with Crippen molar-refractivity contribution >= 4 is 15.7 Å². The lowest BCUT2D eigenvalue weighted by atomic mass is 10.4. The minimum Gasteiger partial charge on any atom is -0.369 e. The molecule has 0 bridgehead atoms. The van der Waals surface area contributed by atoms with Gasteiger partial charge in [0.05, 0.1) is 5.69 Å². The molecule has 2 N–H and O–H groups in total. The smallest absolute Gasteiger partial charge is 0.235 e. The van der Waals surface area contributed by atoms with E-state index in [9.17, 15) is 13.2 Å². The van der Waals surface area contributed by atoms with Crippen LogP contribution >= 0.6 is 0 Å². The van der Waals surface area contributed by atoms with Crippen molar-refractivity contribution in [2.45, 2.75) is 24.9 Å². The van der Waals surface area contributed by atoms with E-state index in [1.807, 2.05) is 0 Å². The van der Waals surface area contributed by atoms with Crippen LogP contribution in [0, 0.1) is 6.92 Å². The molecule has 1 atom stereocenters. The Morgan fingerprint density at radius 3 is 2.67 bits per heavy atom. The Labute approximate surface area is 87.3 Å². The summed E-state index contributed by atoms with van der Waals surface area (Å²) in [5, 5.41) is 2.33. The van der Waals surface area contributed by atoms with E-state index in [-0.39, 0.29) is 11.5 Å². The standard InChI is InChI=1S/C8H12N2O4S/c1-5-3-7(14-10-5)4-15(12,13)6(2)8(9)11/h3,6H,4H2,1-2H3,(H2,9,11)/t6-/m0/s1. The Hall–Kier alpha value is -1.37. The second-order valence-electron chi connectivity index (χ2n) is 3.29. The van der Waals surface area contributed by atoms with Crippen LogP contribution in [-0.2, 0) is 20.4 Å². The Bertz CT molecular complexity index is 463. The lowest BCUT2D eigenvalue weighted by molar-refractivity contribution is -0.117. The van der Waals surface area contributed by atoms with Crippen LogP contribution in [0.3, 0.4) is 0 Å². The van der Waals surface area contributed by atoms with Crippen LogP contribution in [0.4, 0.5) is 0 Å². The molecule has 0 fully saturated rings. The van der Waals surface area contributed by atoms with Gasteiger partial charge in [0, 0.05) is 6.07 Å². The molecule has 0 aromatic carbocycles. The van der Waals surface area contributed by atoms with Gasteiger partial charge in [-0.25, -0.2) is 8.42 Å². The SMILES string of the molecule is Cc1cc(CS(=O)(=O)[C@@H](C)C(N)=O)on1. The molecule has 6 nitrogen and oxygen atoms in total. The summed E-state index contributed by atoms with van der Waals surface area (Å²) in [5.41, 5.74) is 5.51. The summed E-state index contributed by atoms with van der Waals surface area (Å²) in [7, 11) is -3.61. The molecule has 1 amide bonds. The summed E-state index contributed by atoms with van der Waals surface area (Å²) >= 11 is 0. The third kappa shape index (κ3) is 2.79. The van der Waals surface area contributed by atoms with E-state index in [0.717, 1.165) is 0 Å². The third-order valence-corrected chi connectivity index (χ3v) is 3.96. The van der Waals surface area contributed by atoms with Crippen molar-refractivity contribution in [3.05, 3.63) is 17.5 Å². The molecule has 0 aliphatic heterocycles. The number of hydrogen-bond donors (Lipinski definition) is 1. The van der Waals surface area contributed by atoms with Crippen molar-refractivity contribution in [1.82, 2.24) is 5.16 Å². The van der Waals surface area contributed by atoms with Crippen molar-refractivity contribution in [2.75, 3.05) is 0 Å². The number of hydrogen-bond acceptors (Lipinski definition) is 5. The molecule has 0 spiro atoms. The van der Waals surface area contributed by atoms with Gasteiger partial charge in [0.2, 0.25) is 5.91 Å². The number of sulfone groups is 1. The molecular formula is C8H12N2O4S. The largest absolute Gasteiger partial charge is 0.369 e. The molecule has 0 aliphatic rings. The first-order chi connectivity index (χ1) is 6.83. The van der Waals surface area contributed by atoms with Gasteiger partial charge < -0.3 is 10.3 Å². The quantitative estimate of drug-likeness (QED) is 0.772. The number of nitrogens with two attached hydrogens (primary N) is 1. The van der Waals surface area contributed by atoms with Crippen LogP contribution in [0.2, 0.25) is 0 Å². The highest BCUT2D eigenvalue weighted by Gasteiger charge is 2.27. The van der Waals surface area contributed by atoms with Crippen molar-refractivity contribution in [1.29, 1.82) is 0 Å². The summed E-state index contributed by atoms with van der Waals surface area (Å²) < 4.78 is 27.9. The number of nitrogens with zero attached hydrogens (tertiary/aromatic N) is 1. The molecule has 0 saturated heterocycles. The lowest BCUT2D eigenvalue weighted by Gasteiger charge is -2.06. The fraction of sp³-hybridized carbons (Fsp3) is 0.500. The van der Waals surface area contributed by atoms with E-state index in [1.54, 1.807) is 6.92 Å². The highest BCUT2D eigenvalue weighted by atomic mass is 32.2. The molecule has 84 valence electrons. The summed E-state index contributed by atoms with van der Waals surface area (Å²) in [4.78, 5) is 10.7. The van der Waals surface area contributed by atoms with E-state index in [4.69, 9.17) is 10.3 Å². The van der Waals surface area contributed by atoms with Gasteiger partial charge in [0.25, 0.3) is 0 Å². The van der Waals surface area contributed by atoms with Gasteiger partial charge in [-0.05, 0) is 13.8 Å². The number of rotatable bonds is 4. The van der Waals surface area contributed by atoms with Crippen molar-refractivity contribution in [2.24, 2.45) is 5.73 Å². The molecule has 1 aromatic heterocycles. The first kappa shape index (κ1) is 11.7. The van der Waals surface area contributed by atoms with Gasteiger partial charge in [-0.3, -0.25) is 4.79 Å². The molecule has 0 unspecified atom stereocenters. The molecule has 7 heteroatoms. The first-order valence-corrected chi connectivity index (χ1v) is 5.97. The molecule has 0 radical (unpaired) electrons. The van der Waals surface area contributed by atoms with Gasteiger partial charge in [0.1, 0.15) is 11.0 Å². The summed E-state index contributed by atoms with van der Waals surface area (Å²) in [6.45, 7) is 2.93. The van der Waals surface area contributed by atoms with E-state index >= 15 is 0 Å². The fourth-order valence-corrected chi connectivity index (χ4v) is 2.12. The van der Waals surface area contributed by atoms with E-state index in [2.05, 4.69) is 5.16 Å². The van der Waals surface area contributed by atoms with Crippen LogP contribution in [0.25, 0.3) is 0 Å². The van der Waals surface area contributed by atoms with Crippen LogP contribution in [0.15, 0.2) is 10.6 Å². The predicted molar refractivity (Wildman–Crippen MR) is 52.5 cm³/mol. The minimum atomic E-state index is -3.61. The number of carbonyl (C=O) groups is 1. The minimum absolute atomic E-state index is 0.209. The van der Waals surface area contributed by atoms with Crippen LogP contribution < -0.4 is 5.73 Å². The van der Waals surface area contributed by atoms with Gasteiger partial charge >= 0.3 is 0 Å². The molecule has 1 aromatic rings. The highest BCUT2D eigenvalue weighted by molar-refractivity contribution is 7.92. The molecule has 1 rings (SSSR count). The highest BCUT2D eigenvalue weighted by Crippen LogP contribution is 2.11. The number of aromatic nitrogens is 1. The monoisotopic (exact) mass is 232 g/mol. The normalized spacial score (nSPS) is 13.7. The number of aryl methyl sites for hydroxylation is 1. The van der Waals surface area contributed by atoms with E-state index in [1.165, 1.54) is 13.0 Å². The Morgan fingerprint density at radius 1 is 1.67 bits per heavy atom. The zero-order chi connectivity index (χ0) is 11.6. The zero-order valence-corrected chi connectivity index (χ0v) is 9.24. The molecule has 0 aliphatic carbocycles. The number of carbonyl (C=O) groups excluding carboxylic acids is 1. The summed E-state index contributed by atoms with van der Waals surface area (Å²) in [6, 6.07) is 1.51. The van der Waals surface area contributed by atoms with Gasteiger partial charge in [-0.2, -0.15) is 0 Å². The summed E-state index contributed by atoms with van der Waals surface area (Å²) in [6.07, 6.45) is 0. The summed E-state index contributed by atoms with van der Waals surface area (Å²) in [5.74, 6) is -1.02. The Balaban J connectivity index is 2.86. The molecule has 0 saturated carbocycles. The second kappa shape index (κ2) is 4.01. The lowest BCUT2D eigenvalue weighted by Crippen LogP contribution is -2.33. The maximum Gasteiger partial charge on any atom is 0.235 e. The Morgan fingerprint density at radius 2 is 2.27 bits per heavy atom. The zero-order valence-electron chi connectivity index (χ0n) is 8.43. The molecular weight excluding hydrogens is 220 g/mol. The van der Waals surface area contributed by atoms with Gasteiger partial charge in [-0.15, -0.1) is 0 Å².